The topological polar surface area (TPSA) is 97.8 Å². The second kappa shape index (κ2) is 8.77. The highest BCUT2D eigenvalue weighted by molar-refractivity contribution is 5.71. The molecule has 0 saturated heterocycles. The minimum Gasteiger partial charge on any atom is -0.502 e. The summed E-state index contributed by atoms with van der Waals surface area (Å²) in [5.41, 5.74) is 2.71. The van der Waals surface area contributed by atoms with E-state index in [1.807, 2.05) is 12.1 Å². The number of methoxy groups -OCH3 is 1. The lowest BCUT2D eigenvalue weighted by Gasteiger charge is -2.28. The third kappa shape index (κ3) is 4.54. The van der Waals surface area contributed by atoms with E-state index in [0.29, 0.717) is 17.9 Å². The first kappa shape index (κ1) is 20.9. The van der Waals surface area contributed by atoms with E-state index in [-0.39, 0.29) is 12.2 Å². The van der Waals surface area contributed by atoms with Gasteiger partial charge in [0.1, 0.15) is 5.76 Å². The maximum absolute atomic E-state index is 12.5. The highest BCUT2D eigenvalue weighted by Gasteiger charge is 2.28. The van der Waals surface area contributed by atoms with Crippen LogP contribution < -0.4 is 5.43 Å². The van der Waals surface area contributed by atoms with Crippen LogP contribution >= 0.6 is 0 Å². The van der Waals surface area contributed by atoms with Crippen molar-refractivity contribution in [3.8, 4) is 5.75 Å². The van der Waals surface area contributed by atoms with E-state index in [1.165, 1.54) is 24.3 Å². The number of rotatable bonds is 6. The molecular weight excluding hydrogens is 398 g/mol. The molecule has 8 nitrogen and oxygen atoms in total. The van der Waals surface area contributed by atoms with Crippen LogP contribution in [0.4, 0.5) is 0 Å². The molecule has 162 valence electrons. The van der Waals surface area contributed by atoms with Crippen LogP contribution in [-0.4, -0.2) is 39.4 Å². The fourth-order valence-electron chi connectivity index (χ4n) is 4.01. The van der Waals surface area contributed by atoms with Crippen molar-refractivity contribution in [1.82, 2.24) is 14.7 Å². The summed E-state index contributed by atoms with van der Waals surface area (Å²) in [5.74, 6) is -1.16. The van der Waals surface area contributed by atoms with Crippen LogP contribution in [0.5, 0.6) is 5.75 Å². The number of ether oxygens (including phenoxy) is 1. The predicted octanol–water partition coefficient (Wildman–Crippen LogP) is 2.33. The van der Waals surface area contributed by atoms with Crippen molar-refractivity contribution in [2.24, 2.45) is 7.05 Å². The van der Waals surface area contributed by atoms with Crippen molar-refractivity contribution in [3.63, 3.8) is 0 Å². The summed E-state index contributed by atoms with van der Waals surface area (Å²) in [6.07, 6.45) is 4.15. The van der Waals surface area contributed by atoms with Crippen LogP contribution in [0, 0.1) is 0 Å². The molecule has 0 unspecified atom stereocenters. The molecule has 0 aliphatic carbocycles. The Morgan fingerprint density at radius 2 is 2.10 bits per heavy atom. The minimum absolute atomic E-state index is 0.0540. The molecule has 4 rings (SSSR count). The monoisotopic (exact) mass is 423 g/mol. The quantitative estimate of drug-likeness (QED) is 0.608. The van der Waals surface area contributed by atoms with Crippen molar-refractivity contribution in [2.75, 3.05) is 13.7 Å². The molecule has 1 aliphatic heterocycles. The lowest BCUT2D eigenvalue weighted by Crippen LogP contribution is -2.30. The summed E-state index contributed by atoms with van der Waals surface area (Å²) in [7, 11) is 3.04. The van der Waals surface area contributed by atoms with Gasteiger partial charge in [-0.15, -0.1) is 0 Å². The number of hydrogen-bond donors (Lipinski definition) is 1. The van der Waals surface area contributed by atoms with Gasteiger partial charge in [-0.1, -0.05) is 24.3 Å². The molecule has 1 aromatic carbocycles. The number of fused-ring (bicyclic) bond motifs is 1. The lowest BCUT2D eigenvalue weighted by molar-refractivity contribution is -0.140. The molecule has 0 spiro atoms. The number of nitrogens with zero attached hydrogens (tertiary/aromatic N) is 3. The Morgan fingerprint density at radius 3 is 2.81 bits per heavy atom. The Kier molecular flexibility index (Phi) is 5.90. The van der Waals surface area contributed by atoms with Crippen molar-refractivity contribution in [2.45, 2.75) is 31.8 Å². The van der Waals surface area contributed by atoms with E-state index in [0.717, 1.165) is 19.5 Å². The van der Waals surface area contributed by atoms with Gasteiger partial charge in [-0.2, -0.15) is 5.10 Å². The third-order valence-corrected chi connectivity index (χ3v) is 5.63. The average molecular weight is 423 g/mol. The van der Waals surface area contributed by atoms with E-state index in [2.05, 4.69) is 22.1 Å². The molecule has 1 N–H and O–H groups in total. The number of aromatic hydroxyl groups is 1. The zero-order chi connectivity index (χ0) is 22.0. The molecule has 3 aromatic rings. The molecule has 1 atom stereocenters. The minimum atomic E-state index is -0.684. The average Bonchev–Trinajstić information content (AvgIpc) is 3.20. The normalized spacial score (nSPS) is 14.8. The van der Waals surface area contributed by atoms with Gasteiger partial charge in [0.25, 0.3) is 0 Å². The van der Waals surface area contributed by atoms with E-state index >= 15 is 0 Å². The Balaban J connectivity index is 1.65. The second-order valence-corrected chi connectivity index (χ2v) is 7.80. The number of aromatic nitrogens is 2. The summed E-state index contributed by atoms with van der Waals surface area (Å²) >= 11 is 0. The molecule has 1 aliphatic rings. The number of hydrogen-bond acceptors (Lipinski definition) is 7. The maximum atomic E-state index is 12.5. The van der Waals surface area contributed by atoms with Gasteiger partial charge in [-0.25, -0.2) is 0 Å². The van der Waals surface area contributed by atoms with Gasteiger partial charge in [-0.05, 0) is 17.5 Å². The van der Waals surface area contributed by atoms with Crippen molar-refractivity contribution in [3.05, 3.63) is 81.2 Å². The van der Waals surface area contributed by atoms with E-state index in [9.17, 15) is 14.7 Å². The van der Waals surface area contributed by atoms with E-state index in [4.69, 9.17) is 9.15 Å². The summed E-state index contributed by atoms with van der Waals surface area (Å²) in [5, 5.41) is 14.6. The smallest absolute Gasteiger partial charge is 0.306 e. The highest BCUT2D eigenvalue weighted by Crippen LogP contribution is 2.33. The fraction of sp³-hybridized carbons (Fsp3) is 0.348. The van der Waals surface area contributed by atoms with Gasteiger partial charge >= 0.3 is 5.97 Å². The van der Waals surface area contributed by atoms with Crippen LogP contribution in [0.3, 0.4) is 0 Å². The van der Waals surface area contributed by atoms with Gasteiger partial charge in [-0.3, -0.25) is 19.2 Å². The Hall–Kier alpha value is -3.39. The third-order valence-electron chi connectivity index (χ3n) is 5.63. The Bertz CT molecular complexity index is 1150. The van der Waals surface area contributed by atoms with Crippen molar-refractivity contribution in [1.29, 1.82) is 0 Å². The SMILES string of the molecule is COC(=O)C[C@@H](c1cnn(C)c1)c1oc(CN2CCc3ccccc3C2)cc(=O)c1O. The zero-order valence-electron chi connectivity index (χ0n) is 17.6. The van der Waals surface area contributed by atoms with Gasteiger partial charge < -0.3 is 14.3 Å². The predicted molar refractivity (Wildman–Crippen MR) is 113 cm³/mol. The largest absolute Gasteiger partial charge is 0.502 e. The maximum Gasteiger partial charge on any atom is 0.306 e. The molecule has 0 amide bonds. The van der Waals surface area contributed by atoms with Gasteiger partial charge in [0.05, 0.1) is 32.2 Å². The molecule has 31 heavy (non-hydrogen) atoms. The van der Waals surface area contributed by atoms with Gasteiger partial charge in [0.15, 0.2) is 5.76 Å². The molecule has 0 fully saturated rings. The summed E-state index contributed by atoms with van der Waals surface area (Å²) < 4.78 is 12.4. The summed E-state index contributed by atoms with van der Waals surface area (Å²) in [6.45, 7) is 2.02. The van der Waals surface area contributed by atoms with Crippen LogP contribution in [0.2, 0.25) is 0 Å². The first-order valence-electron chi connectivity index (χ1n) is 10.1. The summed E-state index contributed by atoms with van der Waals surface area (Å²) in [4.78, 5) is 26.8. The first-order valence-corrected chi connectivity index (χ1v) is 10.1. The highest BCUT2D eigenvalue weighted by atomic mass is 16.5. The van der Waals surface area contributed by atoms with Crippen LogP contribution in [0.15, 0.2) is 51.9 Å². The number of esters is 1. The number of benzene rings is 1. The molecule has 0 saturated carbocycles. The van der Waals surface area contributed by atoms with Crippen LogP contribution in [0.1, 0.15) is 40.5 Å². The lowest BCUT2D eigenvalue weighted by atomic mass is 9.94. The fourth-order valence-corrected chi connectivity index (χ4v) is 4.01. The number of aryl methyl sites for hydroxylation is 1. The molecule has 0 radical (unpaired) electrons. The van der Waals surface area contributed by atoms with Crippen molar-refractivity contribution < 1.29 is 19.1 Å². The second-order valence-electron chi connectivity index (χ2n) is 7.80. The molecule has 0 bridgehead atoms. The van der Waals surface area contributed by atoms with Gasteiger partial charge in [0, 0.05) is 38.0 Å². The van der Waals surface area contributed by atoms with E-state index in [1.54, 1.807) is 24.1 Å². The van der Waals surface area contributed by atoms with Crippen molar-refractivity contribution >= 4 is 5.97 Å². The Labute approximate surface area is 179 Å². The van der Waals surface area contributed by atoms with Crippen LogP contribution in [0.25, 0.3) is 0 Å². The first-order chi connectivity index (χ1) is 14.9. The zero-order valence-corrected chi connectivity index (χ0v) is 17.6. The van der Waals surface area contributed by atoms with Gasteiger partial charge in [0.2, 0.25) is 11.2 Å². The molecule has 8 heteroatoms. The number of carbonyl (C=O) groups is 1. The molecule has 3 heterocycles. The standard InChI is InChI=1S/C23H25N3O5/c1-25-12-17(11-24-25)19(10-21(28)30-2)23-22(29)20(27)9-18(31-23)14-26-8-7-15-5-3-4-6-16(15)13-26/h3-6,9,11-12,19,29H,7-8,10,13-14H2,1-2H3/t19-/m0/s1. The summed E-state index contributed by atoms with van der Waals surface area (Å²) in [6, 6.07) is 9.62. The Morgan fingerprint density at radius 1 is 1.32 bits per heavy atom. The van der Waals surface area contributed by atoms with Crippen LogP contribution in [-0.2, 0) is 36.1 Å². The van der Waals surface area contributed by atoms with E-state index < -0.39 is 23.1 Å². The molecular formula is C23H25N3O5. The molecule has 2 aromatic heterocycles. The number of carbonyl (C=O) groups excluding carboxylic acids is 1.